The van der Waals surface area contributed by atoms with E-state index in [4.69, 9.17) is 9.52 Å². The Hall–Kier alpha value is -1.62. The third-order valence-electron chi connectivity index (χ3n) is 1.05. The van der Waals surface area contributed by atoms with Gasteiger partial charge in [0.15, 0.2) is 12.0 Å². The summed E-state index contributed by atoms with van der Waals surface area (Å²) >= 11 is 0. The van der Waals surface area contributed by atoms with Gasteiger partial charge in [0.1, 0.15) is 5.76 Å². The molecule has 0 fully saturated rings. The van der Waals surface area contributed by atoms with E-state index in [1.165, 1.54) is 0 Å². The maximum atomic E-state index is 9.93. The van der Waals surface area contributed by atoms with Gasteiger partial charge in [-0.15, -0.1) is 0 Å². The van der Waals surface area contributed by atoms with Crippen LogP contribution in [0.25, 0.3) is 0 Å². The van der Waals surface area contributed by atoms with Gasteiger partial charge in [-0.3, -0.25) is 9.59 Å². The molecule has 0 saturated carbocycles. The first-order chi connectivity index (χ1) is 6.10. The minimum atomic E-state index is -0.968. The summed E-state index contributed by atoms with van der Waals surface area (Å²) in [4.78, 5) is 19.2. The number of carbonyl (C=O) groups excluding carboxylic acids is 1. The maximum absolute atomic E-state index is 9.93. The Morgan fingerprint density at radius 3 is 2.38 bits per heavy atom. The highest BCUT2D eigenvalue weighted by atomic mass is 16.4. The molecule has 1 rings (SSSR count). The highest BCUT2D eigenvalue weighted by molar-refractivity contribution is 5.70. The van der Waals surface area contributed by atoms with Crippen molar-refractivity contribution in [2.75, 3.05) is 6.54 Å². The topological polar surface area (TPSA) is 93.5 Å². The molecule has 0 bridgehead atoms. The van der Waals surface area contributed by atoms with Crippen LogP contribution in [0.4, 0.5) is 0 Å². The lowest BCUT2D eigenvalue weighted by atomic mass is 10.5. The zero-order valence-corrected chi connectivity index (χ0v) is 7.19. The summed E-state index contributed by atoms with van der Waals surface area (Å²) in [6.07, 6.45) is 0.688. The Labute approximate surface area is 75.1 Å². The Bertz CT molecular complexity index is 279. The molecule has 0 aliphatic rings. The second-order valence-corrected chi connectivity index (χ2v) is 2.16. The smallest absolute Gasteiger partial charge is 0.317 e. The predicted molar refractivity (Wildman–Crippen MR) is 45.5 cm³/mol. The van der Waals surface area contributed by atoms with Crippen molar-refractivity contribution in [3.8, 4) is 0 Å². The van der Waals surface area contributed by atoms with Crippen LogP contribution in [0.2, 0.25) is 0 Å². The van der Waals surface area contributed by atoms with Gasteiger partial charge in [-0.1, -0.05) is 0 Å². The van der Waals surface area contributed by atoms with E-state index in [0.717, 1.165) is 5.76 Å². The molecule has 0 aliphatic heterocycles. The average molecular weight is 185 g/mol. The van der Waals surface area contributed by atoms with E-state index in [1.807, 2.05) is 0 Å². The first-order valence-electron chi connectivity index (χ1n) is 3.53. The van der Waals surface area contributed by atoms with Gasteiger partial charge < -0.3 is 15.3 Å². The number of carbonyl (C=O) groups is 2. The number of carboxylic acid groups (broad SMARTS) is 1. The normalized spacial score (nSPS) is 8.46. The fourth-order valence-electron chi connectivity index (χ4n) is 0.517. The molecule has 0 aliphatic carbocycles. The summed E-state index contributed by atoms with van der Waals surface area (Å²) in [6, 6.07) is 3.39. The monoisotopic (exact) mass is 185 g/mol. The summed E-state index contributed by atoms with van der Waals surface area (Å²) in [7, 11) is 0. The minimum absolute atomic E-state index is 0.278. The lowest BCUT2D eigenvalue weighted by Gasteiger charge is -1.75. The molecular weight excluding hydrogens is 174 g/mol. The SMILES string of the molecule is Cc1ccc(C=O)o1.NCC(=O)O. The molecule has 72 valence electrons. The van der Waals surface area contributed by atoms with E-state index in [2.05, 4.69) is 5.73 Å². The Kier molecular flexibility index (Phi) is 5.22. The Morgan fingerprint density at radius 2 is 2.23 bits per heavy atom. The molecule has 5 nitrogen and oxygen atoms in total. The van der Waals surface area contributed by atoms with Crippen LogP contribution in [0.5, 0.6) is 0 Å². The first kappa shape index (κ1) is 11.4. The molecule has 0 spiro atoms. The van der Waals surface area contributed by atoms with Crippen LogP contribution in [0.15, 0.2) is 16.5 Å². The quantitative estimate of drug-likeness (QED) is 0.651. The summed E-state index contributed by atoms with van der Waals surface area (Å²) in [5.74, 6) is 0.194. The molecule has 0 unspecified atom stereocenters. The molecule has 0 aromatic carbocycles. The van der Waals surface area contributed by atoms with Gasteiger partial charge in [0.05, 0.1) is 6.54 Å². The Morgan fingerprint density at radius 1 is 1.69 bits per heavy atom. The van der Waals surface area contributed by atoms with Gasteiger partial charge in [0.2, 0.25) is 0 Å². The minimum Gasteiger partial charge on any atom is -0.480 e. The lowest BCUT2D eigenvalue weighted by molar-refractivity contribution is -0.135. The maximum Gasteiger partial charge on any atom is 0.317 e. The predicted octanol–water partition coefficient (Wildman–Crippen LogP) is 0.430. The lowest BCUT2D eigenvalue weighted by Crippen LogP contribution is -2.10. The number of hydrogen-bond acceptors (Lipinski definition) is 4. The summed E-state index contributed by atoms with van der Waals surface area (Å²) in [6.45, 7) is 1.52. The van der Waals surface area contributed by atoms with Gasteiger partial charge >= 0.3 is 5.97 Å². The number of hydrogen-bond donors (Lipinski definition) is 2. The fourth-order valence-corrected chi connectivity index (χ4v) is 0.517. The molecule has 13 heavy (non-hydrogen) atoms. The summed E-state index contributed by atoms with van der Waals surface area (Å²) in [5, 5.41) is 7.60. The number of carboxylic acids is 1. The van der Waals surface area contributed by atoms with Gasteiger partial charge in [-0.25, -0.2) is 0 Å². The van der Waals surface area contributed by atoms with Crippen LogP contribution in [0.3, 0.4) is 0 Å². The highest BCUT2D eigenvalue weighted by Crippen LogP contribution is 2.01. The second kappa shape index (κ2) is 5.96. The summed E-state index contributed by atoms with van der Waals surface area (Å²) in [5.41, 5.74) is 4.57. The average Bonchev–Trinajstić information content (AvgIpc) is 2.52. The fraction of sp³-hybridized carbons (Fsp3) is 0.250. The van der Waals surface area contributed by atoms with Gasteiger partial charge in [0, 0.05) is 0 Å². The van der Waals surface area contributed by atoms with Crippen molar-refractivity contribution in [2.24, 2.45) is 5.73 Å². The number of rotatable bonds is 2. The van der Waals surface area contributed by atoms with Crippen molar-refractivity contribution in [3.63, 3.8) is 0 Å². The molecule has 1 heterocycles. The van der Waals surface area contributed by atoms with E-state index < -0.39 is 5.97 Å². The van der Waals surface area contributed by atoms with Crippen molar-refractivity contribution in [1.82, 2.24) is 0 Å². The molecule has 0 amide bonds. The van der Waals surface area contributed by atoms with Gasteiger partial charge in [0.25, 0.3) is 0 Å². The summed E-state index contributed by atoms with van der Waals surface area (Å²) < 4.78 is 4.86. The van der Waals surface area contributed by atoms with E-state index >= 15 is 0 Å². The number of aldehydes is 1. The third-order valence-corrected chi connectivity index (χ3v) is 1.05. The highest BCUT2D eigenvalue weighted by Gasteiger charge is 1.91. The van der Waals surface area contributed by atoms with Crippen LogP contribution in [-0.2, 0) is 4.79 Å². The number of aliphatic carboxylic acids is 1. The molecule has 1 aromatic rings. The van der Waals surface area contributed by atoms with Crippen molar-refractivity contribution in [3.05, 3.63) is 23.7 Å². The standard InChI is InChI=1S/C6H6O2.C2H5NO2/c1-5-2-3-6(4-7)8-5;3-1-2(4)5/h2-4H,1H3;1,3H2,(H,4,5). The number of aryl methyl sites for hydroxylation is 1. The van der Waals surface area contributed by atoms with Crippen LogP contribution in [-0.4, -0.2) is 23.9 Å². The van der Waals surface area contributed by atoms with Crippen molar-refractivity contribution in [2.45, 2.75) is 6.92 Å². The molecule has 1 aromatic heterocycles. The third kappa shape index (κ3) is 5.63. The van der Waals surface area contributed by atoms with Crippen LogP contribution in [0, 0.1) is 6.92 Å². The van der Waals surface area contributed by atoms with Crippen LogP contribution < -0.4 is 5.73 Å². The van der Waals surface area contributed by atoms with Crippen LogP contribution in [0.1, 0.15) is 16.3 Å². The zero-order valence-electron chi connectivity index (χ0n) is 7.19. The molecule has 3 N–H and O–H groups in total. The molecule has 0 saturated heterocycles. The molecule has 5 heteroatoms. The van der Waals surface area contributed by atoms with Crippen LogP contribution >= 0.6 is 0 Å². The van der Waals surface area contributed by atoms with Gasteiger partial charge in [-0.05, 0) is 19.1 Å². The molecular formula is C8H11NO4. The van der Waals surface area contributed by atoms with Crippen molar-refractivity contribution < 1.29 is 19.1 Å². The number of furan rings is 1. The van der Waals surface area contributed by atoms with Crippen molar-refractivity contribution in [1.29, 1.82) is 0 Å². The van der Waals surface area contributed by atoms with E-state index in [9.17, 15) is 9.59 Å². The van der Waals surface area contributed by atoms with E-state index in [1.54, 1.807) is 19.1 Å². The first-order valence-corrected chi connectivity index (χ1v) is 3.53. The largest absolute Gasteiger partial charge is 0.480 e. The zero-order chi connectivity index (χ0) is 10.3. The van der Waals surface area contributed by atoms with Gasteiger partial charge in [-0.2, -0.15) is 0 Å². The Balaban J connectivity index is 0.000000252. The number of nitrogens with two attached hydrogens (primary N) is 1. The van der Waals surface area contributed by atoms with E-state index in [0.29, 0.717) is 12.0 Å². The van der Waals surface area contributed by atoms with Crippen molar-refractivity contribution >= 4 is 12.3 Å². The second-order valence-electron chi connectivity index (χ2n) is 2.16. The molecule has 0 radical (unpaired) electrons. The molecule has 0 atom stereocenters. The van der Waals surface area contributed by atoms with E-state index in [-0.39, 0.29) is 6.54 Å².